The highest BCUT2D eigenvalue weighted by molar-refractivity contribution is 6.12. The summed E-state index contributed by atoms with van der Waals surface area (Å²) in [5.41, 5.74) is 2.51. The summed E-state index contributed by atoms with van der Waals surface area (Å²) in [7, 11) is 0. The van der Waals surface area contributed by atoms with Gasteiger partial charge in [-0.05, 0) is 50.3 Å². The predicted octanol–water partition coefficient (Wildman–Crippen LogP) is 2.64. The smallest absolute Gasteiger partial charge is 0.247 e. The van der Waals surface area contributed by atoms with Crippen LogP contribution in [0.2, 0.25) is 0 Å². The van der Waals surface area contributed by atoms with Crippen molar-refractivity contribution in [2.75, 3.05) is 13.1 Å². The molecule has 0 aromatic heterocycles. The number of benzene rings is 1. The topological polar surface area (TPSA) is 61.2 Å². The molecule has 1 aliphatic rings. The molecule has 1 aliphatic heterocycles. The zero-order valence-electron chi connectivity index (χ0n) is 12.6. The number of aryl methyl sites for hydroxylation is 2. The van der Waals surface area contributed by atoms with Crippen LogP contribution in [-0.4, -0.2) is 29.7 Å². The lowest BCUT2D eigenvalue weighted by Gasteiger charge is -2.28. The molecule has 0 saturated carbocycles. The van der Waals surface area contributed by atoms with Crippen LogP contribution in [0.4, 0.5) is 0 Å². The number of nitrogens with zero attached hydrogens (tertiary/aromatic N) is 2. The van der Waals surface area contributed by atoms with E-state index in [1.165, 1.54) is 0 Å². The highest BCUT2D eigenvalue weighted by atomic mass is 16.2. The Kier molecular flexibility index (Phi) is 4.74. The molecule has 1 fully saturated rings. The molecular formula is C17H20N2O2. The van der Waals surface area contributed by atoms with E-state index in [4.69, 9.17) is 0 Å². The van der Waals surface area contributed by atoms with Crippen LogP contribution in [0.1, 0.15) is 40.7 Å². The van der Waals surface area contributed by atoms with Crippen LogP contribution in [0.25, 0.3) is 0 Å². The van der Waals surface area contributed by atoms with Gasteiger partial charge >= 0.3 is 0 Å². The number of Topliss-reactive ketones (excluding diaryl/α,β-unsaturated/α-hetero) is 1. The van der Waals surface area contributed by atoms with E-state index in [1.54, 1.807) is 17.0 Å². The summed E-state index contributed by atoms with van der Waals surface area (Å²) in [5, 5.41) is 9.26. The summed E-state index contributed by atoms with van der Waals surface area (Å²) < 4.78 is 0. The first-order chi connectivity index (χ1) is 10.0. The lowest BCUT2D eigenvalue weighted by Crippen LogP contribution is -2.41. The van der Waals surface area contributed by atoms with Crippen LogP contribution in [-0.2, 0) is 4.79 Å². The van der Waals surface area contributed by atoms with Gasteiger partial charge in [0, 0.05) is 18.7 Å². The van der Waals surface area contributed by atoms with Gasteiger partial charge < -0.3 is 4.90 Å². The number of ketones is 1. The van der Waals surface area contributed by atoms with Gasteiger partial charge in [0.15, 0.2) is 11.7 Å². The molecular weight excluding hydrogens is 264 g/mol. The Morgan fingerprint density at radius 1 is 1.14 bits per heavy atom. The van der Waals surface area contributed by atoms with E-state index in [1.807, 2.05) is 26.0 Å². The second-order valence-electron chi connectivity index (χ2n) is 5.61. The van der Waals surface area contributed by atoms with Gasteiger partial charge in [-0.15, -0.1) is 0 Å². The lowest BCUT2D eigenvalue weighted by molar-refractivity contribution is -0.133. The number of carbonyl (C=O) groups is 2. The van der Waals surface area contributed by atoms with Crippen LogP contribution in [0.3, 0.4) is 0 Å². The minimum atomic E-state index is -1.22. The van der Waals surface area contributed by atoms with Gasteiger partial charge in [-0.3, -0.25) is 9.59 Å². The second-order valence-corrected chi connectivity index (χ2v) is 5.61. The molecule has 21 heavy (non-hydrogen) atoms. The molecule has 0 spiro atoms. The Morgan fingerprint density at radius 3 is 2.38 bits per heavy atom. The van der Waals surface area contributed by atoms with E-state index in [9.17, 15) is 14.9 Å². The summed E-state index contributed by atoms with van der Waals surface area (Å²) in [5.74, 6) is -1.96. The highest BCUT2D eigenvalue weighted by Gasteiger charge is 2.32. The molecule has 1 aromatic rings. The van der Waals surface area contributed by atoms with Crippen molar-refractivity contribution in [2.45, 2.75) is 33.1 Å². The average molecular weight is 284 g/mol. The number of piperidine rings is 1. The number of hydrogen-bond donors (Lipinski definition) is 0. The number of carbonyl (C=O) groups excluding carboxylic acids is 2. The molecule has 2 rings (SSSR count). The Balaban J connectivity index is 2.19. The minimum absolute atomic E-state index is 0.347. The maximum atomic E-state index is 12.5. The van der Waals surface area contributed by atoms with Gasteiger partial charge in [0.2, 0.25) is 5.91 Å². The van der Waals surface area contributed by atoms with E-state index in [2.05, 4.69) is 0 Å². The maximum absolute atomic E-state index is 12.5. The molecule has 0 unspecified atom stereocenters. The molecule has 0 aliphatic carbocycles. The average Bonchev–Trinajstić information content (AvgIpc) is 2.51. The fourth-order valence-electron chi connectivity index (χ4n) is 2.58. The first kappa shape index (κ1) is 15.2. The Morgan fingerprint density at radius 2 is 1.81 bits per heavy atom. The van der Waals surface area contributed by atoms with Gasteiger partial charge in [0.25, 0.3) is 0 Å². The Bertz CT molecular complexity index is 595. The summed E-state index contributed by atoms with van der Waals surface area (Å²) in [6.45, 7) is 5.18. The van der Waals surface area contributed by atoms with Crippen molar-refractivity contribution in [1.29, 1.82) is 5.26 Å². The third-order valence-electron chi connectivity index (χ3n) is 4.10. The first-order valence-electron chi connectivity index (χ1n) is 7.34. The van der Waals surface area contributed by atoms with Crippen molar-refractivity contribution in [3.63, 3.8) is 0 Å². The van der Waals surface area contributed by atoms with Crippen molar-refractivity contribution in [2.24, 2.45) is 5.92 Å². The van der Waals surface area contributed by atoms with Crippen LogP contribution in [0.5, 0.6) is 0 Å². The number of likely N-dealkylation sites (tertiary alicyclic amines) is 1. The van der Waals surface area contributed by atoms with Crippen molar-refractivity contribution in [1.82, 2.24) is 4.90 Å². The van der Waals surface area contributed by atoms with Gasteiger partial charge in [-0.1, -0.05) is 12.1 Å². The van der Waals surface area contributed by atoms with E-state index in [0.29, 0.717) is 18.7 Å². The summed E-state index contributed by atoms with van der Waals surface area (Å²) >= 11 is 0. The van der Waals surface area contributed by atoms with E-state index in [0.717, 1.165) is 30.4 Å². The lowest BCUT2D eigenvalue weighted by atomic mass is 9.94. The number of nitriles is 1. The largest absolute Gasteiger partial charge is 0.341 e. The molecule has 1 saturated heterocycles. The van der Waals surface area contributed by atoms with Gasteiger partial charge in [-0.2, -0.15) is 5.26 Å². The second kappa shape index (κ2) is 6.53. The third-order valence-corrected chi connectivity index (χ3v) is 4.10. The molecule has 4 nitrogen and oxygen atoms in total. The quantitative estimate of drug-likeness (QED) is 0.633. The third kappa shape index (κ3) is 3.30. The molecule has 1 aromatic carbocycles. The fourth-order valence-corrected chi connectivity index (χ4v) is 2.58. The van der Waals surface area contributed by atoms with E-state index >= 15 is 0 Å². The fraction of sp³-hybridized carbons (Fsp3) is 0.471. The Labute approximate surface area is 125 Å². The van der Waals surface area contributed by atoms with Crippen molar-refractivity contribution in [3.05, 3.63) is 34.9 Å². The molecule has 110 valence electrons. The number of rotatable bonds is 3. The van der Waals surface area contributed by atoms with Gasteiger partial charge in [0.05, 0.1) is 6.07 Å². The normalized spacial score (nSPS) is 16.1. The molecule has 0 N–H and O–H groups in total. The molecule has 1 amide bonds. The molecule has 1 atom stereocenters. The minimum Gasteiger partial charge on any atom is -0.341 e. The zero-order valence-corrected chi connectivity index (χ0v) is 12.6. The van der Waals surface area contributed by atoms with Crippen molar-refractivity contribution >= 4 is 11.7 Å². The highest BCUT2D eigenvalue weighted by Crippen LogP contribution is 2.18. The summed E-state index contributed by atoms with van der Waals surface area (Å²) in [4.78, 5) is 26.5. The van der Waals surface area contributed by atoms with Crippen LogP contribution < -0.4 is 0 Å². The SMILES string of the molecule is Cc1ccc(C(=O)[C@H](C#N)C(=O)N2CCCCC2)cc1C. The molecule has 0 bridgehead atoms. The molecule has 0 radical (unpaired) electrons. The monoisotopic (exact) mass is 284 g/mol. The Hall–Kier alpha value is -2.15. The molecule has 4 heteroatoms. The maximum Gasteiger partial charge on any atom is 0.247 e. The van der Waals surface area contributed by atoms with E-state index in [-0.39, 0.29) is 5.91 Å². The number of amides is 1. The van der Waals surface area contributed by atoms with Crippen LogP contribution in [0.15, 0.2) is 18.2 Å². The first-order valence-corrected chi connectivity index (χ1v) is 7.34. The molecule has 1 heterocycles. The van der Waals surface area contributed by atoms with E-state index < -0.39 is 11.7 Å². The van der Waals surface area contributed by atoms with Gasteiger partial charge in [0.1, 0.15) is 0 Å². The van der Waals surface area contributed by atoms with Crippen molar-refractivity contribution < 1.29 is 9.59 Å². The summed E-state index contributed by atoms with van der Waals surface area (Å²) in [6, 6.07) is 7.19. The van der Waals surface area contributed by atoms with Crippen LogP contribution in [0, 0.1) is 31.1 Å². The number of hydrogen-bond acceptors (Lipinski definition) is 3. The predicted molar refractivity (Wildman–Crippen MR) is 79.8 cm³/mol. The van der Waals surface area contributed by atoms with Crippen LogP contribution >= 0.6 is 0 Å². The zero-order chi connectivity index (χ0) is 15.4. The van der Waals surface area contributed by atoms with Gasteiger partial charge in [-0.25, -0.2) is 0 Å². The standard InChI is InChI=1S/C17H20N2O2/c1-12-6-7-14(10-13(12)2)16(20)15(11-18)17(21)19-8-4-3-5-9-19/h6-7,10,15H,3-5,8-9H2,1-2H3/t15-/m0/s1. The van der Waals surface area contributed by atoms with Crippen molar-refractivity contribution in [3.8, 4) is 6.07 Å². The summed E-state index contributed by atoms with van der Waals surface area (Å²) in [6.07, 6.45) is 3.00.